The number of carbonyl (C=O) groups excluding carboxylic acids is 1. The van der Waals surface area contributed by atoms with E-state index in [1.54, 1.807) is 4.90 Å². The van der Waals surface area contributed by atoms with E-state index >= 15 is 0 Å². The normalized spacial score (nSPS) is 15.9. The average molecular weight is 449 g/mol. The number of halogens is 1. The van der Waals surface area contributed by atoms with Crippen molar-refractivity contribution in [3.05, 3.63) is 101 Å². The van der Waals surface area contributed by atoms with Crippen molar-refractivity contribution in [2.45, 2.75) is 32.1 Å². The van der Waals surface area contributed by atoms with Crippen LogP contribution in [0, 0.1) is 5.82 Å². The highest BCUT2D eigenvalue weighted by Gasteiger charge is 2.35. The summed E-state index contributed by atoms with van der Waals surface area (Å²) in [5.74, 6) is -1.46. The molecule has 1 heterocycles. The van der Waals surface area contributed by atoms with Crippen molar-refractivity contribution in [2.75, 3.05) is 6.54 Å². The summed E-state index contributed by atoms with van der Waals surface area (Å²) in [6.07, 6.45) is -1.07. The van der Waals surface area contributed by atoms with Gasteiger partial charge in [0.1, 0.15) is 18.2 Å². The van der Waals surface area contributed by atoms with Gasteiger partial charge in [0, 0.05) is 12.1 Å². The lowest BCUT2D eigenvalue weighted by Crippen LogP contribution is -2.41. The molecule has 0 bridgehead atoms. The van der Waals surface area contributed by atoms with E-state index < -0.39 is 30.0 Å². The topological polar surface area (TPSA) is 76.1 Å². The highest BCUT2D eigenvalue weighted by atomic mass is 19.1. The highest BCUT2D eigenvalue weighted by molar-refractivity contribution is 5.73. The number of carbonyl (C=O) groups is 2. The molecular weight excluding hydrogens is 425 g/mol. The molecule has 2 atom stereocenters. The summed E-state index contributed by atoms with van der Waals surface area (Å²) in [4.78, 5) is 26.1. The Labute approximate surface area is 191 Å². The number of fused-ring (bicyclic) bond motifs is 1. The Balaban J connectivity index is 1.71. The van der Waals surface area contributed by atoms with Crippen molar-refractivity contribution in [1.29, 1.82) is 0 Å². The number of aliphatic carboxylic acids is 1. The molecule has 6 nitrogen and oxygen atoms in total. The number of carboxylic acid groups (broad SMARTS) is 1. The molecule has 0 saturated carbocycles. The van der Waals surface area contributed by atoms with Gasteiger partial charge in [-0.2, -0.15) is 0 Å². The third-order valence-corrected chi connectivity index (χ3v) is 5.64. The molecule has 1 unspecified atom stereocenters. The lowest BCUT2D eigenvalue weighted by Gasteiger charge is -2.37. The van der Waals surface area contributed by atoms with Gasteiger partial charge in [-0.1, -0.05) is 54.6 Å². The first kappa shape index (κ1) is 22.3. The number of hydrogen-bond donors (Lipinski definition) is 1. The summed E-state index contributed by atoms with van der Waals surface area (Å²) < 4.78 is 25.6. The Bertz CT molecular complexity index is 1150. The molecule has 33 heavy (non-hydrogen) atoms. The second-order valence-electron chi connectivity index (χ2n) is 7.87. The van der Waals surface area contributed by atoms with Gasteiger partial charge in [-0.15, -0.1) is 0 Å². The average Bonchev–Trinajstić information content (AvgIpc) is 2.83. The van der Waals surface area contributed by atoms with Crippen molar-refractivity contribution >= 4 is 12.1 Å². The van der Waals surface area contributed by atoms with Gasteiger partial charge < -0.3 is 14.6 Å². The van der Waals surface area contributed by atoms with Gasteiger partial charge in [-0.05, 0) is 48.2 Å². The lowest BCUT2D eigenvalue weighted by molar-refractivity contribution is -0.144. The van der Waals surface area contributed by atoms with E-state index in [4.69, 9.17) is 9.47 Å². The molecule has 1 aliphatic rings. The van der Waals surface area contributed by atoms with E-state index in [0.29, 0.717) is 18.5 Å². The number of hydrogen-bond acceptors (Lipinski definition) is 4. The van der Waals surface area contributed by atoms with Gasteiger partial charge in [-0.25, -0.2) is 14.0 Å². The van der Waals surface area contributed by atoms with Gasteiger partial charge in [-0.3, -0.25) is 4.90 Å². The molecule has 1 aliphatic heterocycles. The van der Waals surface area contributed by atoms with Gasteiger partial charge in [0.25, 0.3) is 0 Å². The fraction of sp³-hybridized carbons (Fsp3) is 0.231. The van der Waals surface area contributed by atoms with E-state index in [0.717, 1.165) is 16.7 Å². The van der Waals surface area contributed by atoms with Crippen molar-refractivity contribution < 1.29 is 28.6 Å². The molecule has 1 amide bonds. The summed E-state index contributed by atoms with van der Waals surface area (Å²) in [5, 5.41) is 9.29. The molecule has 0 aliphatic carbocycles. The van der Waals surface area contributed by atoms with Crippen molar-refractivity contribution in [1.82, 2.24) is 4.90 Å². The predicted octanol–water partition coefficient (Wildman–Crippen LogP) is 4.96. The third kappa shape index (κ3) is 4.98. The van der Waals surface area contributed by atoms with Crippen LogP contribution in [-0.2, 0) is 22.6 Å². The largest absolute Gasteiger partial charge is 0.479 e. The standard InChI is InChI=1S/C26H24FNO5/c1-17(25(29)30)33-23-12-11-20(27)15-22(23)24-21-10-6-5-9-19(21)13-14-28(24)26(31)32-16-18-7-3-2-4-8-18/h2-12,15,17,24H,13-14,16H2,1H3,(H,29,30)/t17-,24?/m0/s1. The minimum atomic E-state index is -1.15. The van der Waals surface area contributed by atoms with Crippen LogP contribution < -0.4 is 4.74 Å². The predicted molar refractivity (Wildman–Crippen MR) is 119 cm³/mol. The zero-order chi connectivity index (χ0) is 23.4. The second-order valence-corrected chi connectivity index (χ2v) is 7.87. The molecular formula is C26H24FNO5. The maximum Gasteiger partial charge on any atom is 0.410 e. The number of benzene rings is 3. The Morgan fingerprint density at radius 1 is 1.06 bits per heavy atom. The van der Waals surface area contributed by atoms with Crippen LogP contribution in [0.3, 0.4) is 0 Å². The Morgan fingerprint density at radius 3 is 2.55 bits per heavy atom. The molecule has 3 aromatic carbocycles. The van der Waals surface area contributed by atoms with Crippen molar-refractivity contribution in [2.24, 2.45) is 0 Å². The first-order valence-electron chi connectivity index (χ1n) is 10.7. The fourth-order valence-corrected chi connectivity index (χ4v) is 3.98. The van der Waals surface area contributed by atoms with Crippen LogP contribution in [0.25, 0.3) is 0 Å². The molecule has 0 saturated heterocycles. The van der Waals surface area contributed by atoms with Crippen LogP contribution in [-0.4, -0.2) is 34.7 Å². The maximum atomic E-state index is 14.4. The zero-order valence-electron chi connectivity index (χ0n) is 18.1. The van der Waals surface area contributed by atoms with Gasteiger partial charge in [0.15, 0.2) is 6.10 Å². The summed E-state index contributed by atoms with van der Waals surface area (Å²) in [6, 6.07) is 20.1. The second kappa shape index (κ2) is 9.73. The van der Waals surface area contributed by atoms with Crippen molar-refractivity contribution in [3.8, 4) is 5.75 Å². The van der Waals surface area contributed by atoms with E-state index in [2.05, 4.69) is 0 Å². The summed E-state index contributed by atoms with van der Waals surface area (Å²) >= 11 is 0. The van der Waals surface area contributed by atoms with E-state index in [1.165, 1.54) is 25.1 Å². The maximum absolute atomic E-state index is 14.4. The van der Waals surface area contributed by atoms with Crippen molar-refractivity contribution in [3.63, 3.8) is 0 Å². The smallest absolute Gasteiger partial charge is 0.410 e. The lowest BCUT2D eigenvalue weighted by atomic mass is 9.88. The SMILES string of the molecule is C[C@H](Oc1ccc(F)cc1C1c2ccccc2CCN1C(=O)OCc1ccccc1)C(=O)O. The number of ether oxygens (including phenoxy) is 2. The third-order valence-electron chi connectivity index (χ3n) is 5.64. The molecule has 4 rings (SSSR count). The molecule has 0 aromatic heterocycles. The fourth-order valence-electron chi connectivity index (χ4n) is 3.98. The molecule has 170 valence electrons. The molecule has 7 heteroatoms. The minimum Gasteiger partial charge on any atom is -0.479 e. The first-order chi connectivity index (χ1) is 15.9. The molecule has 0 radical (unpaired) electrons. The Hall–Kier alpha value is -3.87. The van der Waals surface area contributed by atoms with E-state index in [-0.39, 0.29) is 12.4 Å². The van der Waals surface area contributed by atoms with E-state index in [9.17, 15) is 19.1 Å². The zero-order valence-corrected chi connectivity index (χ0v) is 18.1. The van der Waals surface area contributed by atoms with Crippen LogP contribution >= 0.6 is 0 Å². The van der Waals surface area contributed by atoms with Gasteiger partial charge >= 0.3 is 12.1 Å². The summed E-state index contributed by atoms with van der Waals surface area (Å²) in [5.41, 5.74) is 3.06. The number of rotatable bonds is 6. The number of carboxylic acids is 1. The van der Waals surface area contributed by atoms with Gasteiger partial charge in [0.2, 0.25) is 0 Å². The molecule has 3 aromatic rings. The van der Waals surface area contributed by atoms with Gasteiger partial charge in [0.05, 0.1) is 6.04 Å². The van der Waals surface area contributed by atoms with E-state index in [1.807, 2.05) is 54.6 Å². The Morgan fingerprint density at radius 2 is 1.79 bits per heavy atom. The quantitative estimate of drug-likeness (QED) is 0.576. The van der Waals surface area contributed by atoms with Crippen LogP contribution in [0.4, 0.5) is 9.18 Å². The Kier molecular flexibility index (Phi) is 6.58. The molecule has 1 N–H and O–H groups in total. The minimum absolute atomic E-state index is 0.104. The van der Waals surface area contributed by atoms with Crippen LogP contribution in [0.1, 0.15) is 35.2 Å². The monoisotopic (exact) mass is 449 g/mol. The van der Waals surface area contributed by atoms with Crippen LogP contribution in [0.5, 0.6) is 5.75 Å². The van der Waals surface area contributed by atoms with Crippen LogP contribution in [0.2, 0.25) is 0 Å². The molecule has 0 spiro atoms. The molecule has 0 fully saturated rings. The number of amides is 1. The first-order valence-corrected chi connectivity index (χ1v) is 10.7. The highest BCUT2D eigenvalue weighted by Crippen LogP contribution is 2.40. The number of nitrogens with zero attached hydrogens (tertiary/aromatic N) is 1. The summed E-state index contributed by atoms with van der Waals surface area (Å²) in [6.45, 7) is 1.86. The van der Waals surface area contributed by atoms with Crippen LogP contribution in [0.15, 0.2) is 72.8 Å². The summed E-state index contributed by atoms with van der Waals surface area (Å²) in [7, 11) is 0.